The summed E-state index contributed by atoms with van der Waals surface area (Å²) in [5.74, 6) is 0.888. The van der Waals surface area contributed by atoms with Gasteiger partial charge in [-0.25, -0.2) is 4.79 Å². The van der Waals surface area contributed by atoms with Gasteiger partial charge in [0.1, 0.15) is 12.4 Å². The van der Waals surface area contributed by atoms with Crippen molar-refractivity contribution in [2.45, 2.75) is 13.8 Å². The molecule has 2 N–H and O–H groups in total. The maximum absolute atomic E-state index is 12.1. The number of benzene rings is 3. The number of para-hydroxylation sites is 1. The molecule has 0 bridgehead atoms. The highest BCUT2D eigenvalue weighted by Gasteiger charge is 2.06. The van der Waals surface area contributed by atoms with Crippen LogP contribution in [0.2, 0.25) is 0 Å². The zero-order valence-electron chi connectivity index (χ0n) is 14.5. The van der Waals surface area contributed by atoms with Crippen LogP contribution in [0.3, 0.4) is 0 Å². The summed E-state index contributed by atoms with van der Waals surface area (Å²) in [6.45, 7) is 4.89. The van der Waals surface area contributed by atoms with E-state index in [1.807, 2.05) is 74.5 Å². The van der Waals surface area contributed by atoms with Gasteiger partial charge >= 0.3 is 6.03 Å². The Balaban J connectivity index is 1.53. The largest absolute Gasteiger partial charge is 0.491 e. The summed E-state index contributed by atoms with van der Waals surface area (Å²) in [6.07, 6.45) is 0. The fourth-order valence-electron chi connectivity index (χ4n) is 2.85. The molecule has 3 rings (SSSR count). The number of carbonyl (C=O) groups is 1. The average molecular weight is 334 g/mol. The van der Waals surface area contributed by atoms with E-state index in [2.05, 4.69) is 10.6 Å². The molecule has 3 aromatic carbocycles. The molecule has 128 valence electrons. The summed E-state index contributed by atoms with van der Waals surface area (Å²) in [5, 5.41) is 7.85. The minimum absolute atomic E-state index is 0.235. The van der Waals surface area contributed by atoms with E-state index in [0.29, 0.717) is 13.2 Å². The van der Waals surface area contributed by atoms with Crippen molar-refractivity contribution in [1.29, 1.82) is 0 Å². The van der Waals surface area contributed by atoms with Crippen molar-refractivity contribution < 1.29 is 9.53 Å². The van der Waals surface area contributed by atoms with Crippen molar-refractivity contribution in [1.82, 2.24) is 5.32 Å². The molecule has 25 heavy (non-hydrogen) atoms. The maximum atomic E-state index is 12.1. The Kier molecular flexibility index (Phi) is 5.19. The topological polar surface area (TPSA) is 50.4 Å². The number of ether oxygens (including phenoxy) is 1. The second kappa shape index (κ2) is 7.71. The summed E-state index contributed by atoms with van der Waals surface area (Å²) < 4.78 is 5.80. The Morgan fingerprint density at radius 3 is 2.40 bits per heavy atom. The number of rotatable bonds is 5. The lowest BCUT2D eigenvalue weighted by Gasteiger charge is -2.13. The van der Waals surface area contributed by atoms with E-state index in [0.717, 1.165) is 33.3 Å². The van der Waals surface area contributed by atoms with Gasteiger partial charge in [0.2, 0.25) is 0 Å². The number of urea groups is 1. The monoisotopic (exact) mass is 334 g/mol. The lowest BCUT2D eigenvalue weighted by Crippen LogP contribution is -2.32. The summed E-state index contributed by atoms with van der Waals surface area (Å²) in [6, 6.07) is 19.6. The van der Waals surface area contributed by atoms with E-state index < -0.39 is 0 Å². The van der Waals surface area contributed by atoms with Gasteiger partial charge in [-0.05, 0) is 36.4 Å². The van der Waals surface area contributed by atoms with Crippen LogP contribution in [0.5, 0.6) is 5.75 Å². The third kappa shape index (κ3) is 4.10. The molecule has 0 aliphatic heterocycles. The van der Waals surface area contributed by atoms with Crippen molar-refractivity contribution in [2.75, 3.05) is 18.5 Å². The minimum atomic E-state index is -0.235. The van der Waals surface area contributed by atoms with Crippen LogP contribution >= 0.6 is 0 Å². The van der Waals surface area contributed by atoms with E-state index in [4.69, 9.17) is 4.74 Å². The number of amides is 2. The number of anilines is 1. The Bertz CT molecular complexity index is 864. The van der Waals surface area contributed by atoms with Crippen molar-refractivity contribution in [3.63, 3.8) is 0 Å². The molecule has 4 nitrogen and oxygen atoms in total. The van der Waals surface area contributed by atoms with Crippen LogP contribution < -0.4 is 15.4 Å². The van der Waals surface area contributed by atoms with Crippen LogP contribution in [-0.4, -0.2) is 19.2 Å². The lowest BCUT2D eigenvalue weighted by molar-refractivity contribution is 0.247. The summed E-state index contributed by atoms with van der Waals surface area (Å²) in [7, 11) is 0. The molecule has 0 unspecified atom stereocenters. The molecular weight excluding hydrogens is 312 g/mol. The summed E-state index contributed by atoms with van der Waals surface area (Å²) in [5.41, 5.74) is 2.99. The van der Waals surface area contributed by atoms with E-state index in [1.165, 1.54) is 0 Å². The number of carbonyl (C=O) groups excluding carboxylic acids is 1. The Morgan fingerprint density at radius 1 is 0.920 bits per heavy atom. The van der Waals surface area contributed by atoms with Crippen molar-refractivity contribution >= 4 is 22.5 Å². The van der Waals surface area contributed by atoms with Crippen LogP contribution in [0.15, 0.2) is 60.7 Å². The first-order chi connectivity index (χ1) is 12.1. The van der Waals surface area contributed by atoms with Crippen molar-refractivity contribution in [2.24, 2.45) is 0 Å². The lowest BCUT2D eigenvalue weighted by atomic mass is 10.1. The van der Waals surface area contributed by atoms with Gasteiger partial charge in [0, 0.05) is 5.39 Å². The fraction of sp³-hybridized carbons (Fsp3) is 0.190. The van der Waals surface area contributed by atoms with Crippen LogP contribution in [0.25, 0.3) is 10.8 Å². The Morgan fingerprint density at radius 2 is 1.60 bits per heavy atom. The van der Waals surface area contributed by atoms with Crippen molar-refractivity contribution in [3.8, 4) is 5.75 Å². The molecule has 0 aromatic heterocycles. The van der Waals surface area contributed by atoms with E-state index in [1.54, 1.807) is 0 Å². The van der Waals surface area contributed by atoms with Gasteiger partial charge in [-0.2, -0.15) is 0 Å². The predicted molar refractivity (Wildman–Crippen MR) is 102 cm³/mol. The average Bonchev–Trinajstić information content (AvgIpc) is 2.61. The van der Waals surface area contributed by atoms with E-state index in [-0.39, 0.29) is 6.03 Å². The first-order valence-electron chi connectivity index (χ1n) is 8.37. The Hall–Kier alpha value is -3.01. The Labute approximate surface area is 147 Å². The highest BCUT2D eigenvalue weighted by Crippen LogP contribution is 2.23. The highest BCUT2D eigenvalue weighted by molar-refractivity contribution is 6.01. The maximum Gasteiger partial charge on any atom is 0.319 e. The fourth-order valence-corrected chi connectivity index (χ4v) is 2.85. The van der Waals surface area contributed by atoms with Gasteiger partial charge in [0.25, 0.3) is 0 Å². The number of nitrogens with one attached hydrogen (secondary N) is 2. The van der Waals surface area contributed by atoms with Gasteiger partial charge < -0.3 is 15.4 Å². The third-order valence-electron chi connectivity index (χ3n) is 4.08. The smallest absolute Gasteiger partial charge is 0.319 e. The van der Waals surface area contributed by atoms with Crippen LogP contribution in [0, 0.1) is 13.8 Å². The molecule has 4 heteroatoms. The number of aryl methyl sites for hydroxylation is 2. The van der Waals surface area contributed by atoms with Crippen molar-refractivity contribution in [3.05, 3.63) is 71.8 Å². The standard InChI is InChI=1S/C21H22N2O2/c1-15-7-5-8-16(2)20(15)25-14-13-22-21(24)23-19-12-6-10-17-9-3-4-11-18(17)19/h3-12H,13-14H2,1-2H3,(H2,22,23,24). The van der Waals surface area contributed by atoms with Gasteiger partial charge in [0.15, 0.2) is 0 Å². The van der Waals surface area contributed by atoms with Crippen LogP contribution in [0.1, 0.15) is 11.1 Å². The minimum Gasteiger partial charge on any atom is -0.491 e. The zero-order chi connectivity index (χ0) is 17.6. The molecular formula is C21H22N2O2. The van der Waals surface area contributed by atoms with Crippen LogP contribution in [0.4, 0.5) is 10.5 Å². The first-order valence-corrected chi connectivity index (χ1v) is 8.37. The van der Waals surface area contributed by atoms with Gasteiger partial charge in [-0.3, -0.25) is 0 Å². The summed E-state index contributed by atoms with van der Waals surface area (Å²) >= 11 is 0. The zero-order valence-corrected chi connectivity index (χ0v) is 14.5. The molecule has 0 aliphatic rings. The quantitative estimate of drug-likeness (QED) is 0.667. The molecule has 0 heterocycles. The van der Waals surface area contributed by atoms with E-state index in [9.17, 15) is 4.79 Å². The molecule has 0 spiro atoms. The molecule has 0 aliphatic carbocycles. The predicted octanol–water partition coefficient (Wildman–Crippen LogP) is 4.66. The molecule has 0 saturated heterocycles. The van der Waals surface area contributed by atoms with Gasteiger partial charge in [-0.15, -0.1) is 0 Å². The van der Waals surface area contributed by atoms with E-state index >= 15 is 0 Å². The SMILES string of the molecule is Cc1cccc(C)c1OCCNC(=O)Nc1cccc2ccccc12. The molecule has 0 radical (unpaired) electrons. The summed E-state index contributed by atoms with van der Waals surface area (Å²) in [4.78, 5) is 12.1. The number of fused-ring (bicyclic) bond motifs is 1. The second-order valence-corrected chi connectivity index (χ2v) is 5.98. The van der Waals surface area contributed by atoms with Gasteiger partial charge in [0.05, 0.1) is 12.2 Å². The molecule has 0 atom stereocenters. The molecule has 0 fully saturated rings. The number of hydrogen-bond donors (Lipinski definition) is 2. The molecule has 2 amide bonds. The highest BCUT2D eigenvalue weighted by atomic mass is 16.5. The third-order valence-corrected chi connectivity index (χ3v) is 4.08. The van der Waals surface area contributed by atoms with Gasteiger partial charge in [-0.1, -0.05) is 54.6 Å². The molecule has 3 aromatic rings. The second-order valence-electron chi connectivity index (χ2n) is 5.98. The number of hydrogen-bond acceptors (Lipinski definition) is 2. The normalized spacial score (nSPS) is 10.5. The molecule has 0 saturated carbocycles. The van der Waals surface area contributed by atoms with Crippen LogP contribution in [-0.2, 0) is 0 Å². The first kappa shape index (κ1) is 16.8.